The molecule has 0 bridgehead atoms. The van der Waals surface area contributed by atoms with Gasteiger partial charge in [-0.1, -0.05) is 15.9 Å². The number of hydrogen-bond donors (Lipinski definition) is 0. The molecule has 0 spiro atoms. The van der Waals surface area contributed by atoms with Crippen LogP contribution in [-0.4, -0.2) is 20.2 Å². The van der Waals surface area contributed by atoms with Gasteiger partial charge in [-0.05, 0) is 0 Å². The summed E-state index contributed by atoms with van der Waals surface area (Å²) in [4.78, 5) is 0. The van der Waals surface area contributed by atoms with Crippen LogP contribution in [0.25, 0.3) is 0 Å². The molecule has 0 aromatic carbocycles. The Labute approximate surface area is 50.9 Å². The van der Waals surface area contributed by atoms with E-state index in [9.17, 15) is 8.42 Å². The third-order valence-electron chi connectivity index (χ3n) is 0.388. The standard InChI is InChI=1S/C2H5BrO3S/c1-6-7(4,5)2-3/h2H2,1H3. The van der Waals surface area contributed by atoms with E-state index < -0.39 is 10.1 Å². The Kier molecular flexibility index (Phi) is 2.78. The van der Waals surface area contributed by atoms with E-state index in [1.54, 1.807) is 0 Å². The SMILES string of the molecule is COS(=O)(=O)CBr. The molecule has 0 radical (unpaired) electrons. The first-order chi connectivity index (χ1) is 3.12. The summed E-state index contributed by atoms with van der Waals surface area (Å²) in [5.41, 5.74) is 0. The zero-order valence-corrected chi connectivity index (χ0v) is 6.12. The van der Waals surface area contributed by atoms with Crippen LogP contribution in [0.4, 0.5) is 0 Å². The minimum Gasteiger partial charge on any atom is -0.273 e. The number of rotatable bonds is 2. The van der Waals surface area contributed by atoms with E-state index in [4.69, 9.17) is 0 Å². The topological polar surface area (TPSA) is 43.4 Å². The number of hydrogen-bond acceptors (Lipinski definition) is 3. The molecular weight excluding hydrogens is 184 g/mol. The van der Waals surface area contributed by atoms with Crippen LogP contribution in [0.1, 0.15) is 0 Å². The van der Waals surface area contributed by atoms with Gasteiger partial charge in [-0.25, -0.2) is 0 Å². The van der Waals surface area contributed by atoms with Crippen molar-refractivity contribution in [3.63, 3.8) is 0 Å². The lowest BCUT2D eigenvalue weighted by Gasteiger charge is -1.89. The summed E-state index contributed by atoms with van der Waals surface area (Å²) in [6.45, 7) is 0. The Bertz CT molecular complexity index is 116. The van der Waals surface area contributed by atoms with Crippen molar-refractivity contribution in [3.8, 4) is 0 Å². The Morgan fingerprint density at radius 1 is 1.71 bits per heavy atom. The maximum absolute atomic E-state index is 10.1. The summed E-state index contributed by atoms with van der Waals surface area (Å²) in [5, 5.41) is 0. The lowest BCUT2D eigenvalue weighted by molar-refractivity contribution is 0.402. The van der Waals surface area contributed by atoms with E-state index in [0.717, 1.165) is 7.11 Å². The number of halogens is 1. The van der Waals surface area contributed by atoms with E-state index in [-0.39, 0.29) is 4.66 Å². The minimum atomic E-state index is -3.24. The van der Waals surface area contributed by atoms with Crippen molar-refractivity contribution in [2.45, 2.75) is 0 Å². The second-order valence-electron chi connectivity index (χ2n) is 0.833. The largest absolute Gasteiger partial charge is 0.277 e. The predicted molar refractivity (Wildman–Crippen MR) is 29.7 cm³/mol. The molecule has 0 atom stereocenters. The van der Waals surface area contributed by atoms with Gasteiger partial charge in [-0.15, -0.1) is 0 Å². The third-order valence-corrected chi connectivity index (χ3v) is 2.84. The van der Waals surface area contributed by atoms with E-state index in [1.165, 1.54) is 0 Å². The summed E-state index contributed by atoms with van der Waals surface area (Å²) in [6.07, 6.45) is 0. The van der Waals surface area contributed by atoms with Gasteiger partial charge >= 0.3 is 0 Å². The molecule has 0 saturated heterocycles. The summed E-state index contributed by atoms with van der Waals surface area (Å²) in [6, 6.07) is 0. The van der Waals surface area contributed by atoms with Crippen LogP contribution in [0.5, 0.6) is 0 Å². The molecular formula is C2H5BrO3S. The van der Waals surface area contributed by atoms with Gasteiger partial charge in [-0.3, -0.25) is 4.18 Å². The van der Waals surface area contributed by atoms with Gasteiger partial charge in [0.05, 0.1) is 7.11 Å². The molecule has 0 heterocycles. The first-order valence-electron chi connectivity index (χ1n) is 1.46. The highest BCUT2D eigenvalue weighted by Crippen LogP contribution is 1.93. The first kappa shape index (κ1) is 7.39. The second-order valence-corrected chi connectivity index (χ2v) is 3.87. The van der Waals surface area contributed by atoms with E-state index >= 15 is 0 Å². The van der Waals surface area contributed by atoms with Crippen molar-refractivity contribution in [1.82, 2.24) is 0 Å². The molecule has 0 unspecified atom stereocenters. The average molecular weight is 189 g/mol. The fraction of sp³-hybridized carbons (Fsp3) is 1.00. The van der Waals surface area contributed by atoms with Crippen LogP contribution < -0.4 is 0 Å². The molecule has 0 amide bonds. The van der Waals surface area contributed by atoms with Crippen molar-refractivity contribution in [2.24, 2.45) is 0 Å². The Morgan fingerprint density at radius 3 is 2.14 bits per heavy atom. The maximum Gasteiger partial charge on any atom is 0.277 e. The molecule has 0 aromatic heterocycles. The van der Waals surface area contributed by atoms with E-state index in [1.807, 2.05) is 0 Å². The molecule has 5 heteroatoms. The molecule has 0 saturated carbocycles. The van der Waals surface area contributed by atoms with Gasteiger partial charge in [0.1, 0.15) is 4.66 Å². The summed E-state index contributed by atoms with van der Waals surface area (Å²) in [5.74, 6) is 0. The maximum atomic E-state index is 10.1. The van der Waals surface area contributed by atoms with Crippen molar-refractivity contribution in [1.29, 1.82) is 0 Å². The van der Waals surface area contributed by atoms with Crippen molar-refractivity contribution >= 4 is 26.0 Å². The molecule has 7 heavy (non-hydrogen) atoms. The molecule has 3 nitrogen and oxygen atoms in total. The predicted octanol–water partition coefficient (Wildman–Crippen LogP) is 0.315. The molecule has 0 aliphatic carbocycles. The zero-order chi connectivity index (χ0) is 5.91. The van der Waals surface area contributed by atoms with Gasteiger partial charge in [0.25, 0.3) is 10.1 Å². The highest BCUT2D eigenvalue weighted by atomic mass is 79.9. The van der Waals surface area contributed by atoms with Crippen LogP contribution >= 0.6 is 15.9 Å². The minimum absolute atomic E-state index is 0.142. The average Bonchev–Trinajstić information content (AvgIpc) is 1.68. The summed E-state index contributed by atoms with van der Waals surface area (Å²) >= 11 is 2.72. The van der Waals surface area contributed by atoms with Crippen LogP contribution in [0.15, 0.2) is 0 Å². The molecule has 0 aliphatic rings. The summed E-state index contributed by atoms with van der Waals surface area (Å²) in [7, 11) is -2.12. The van der Waals surface area contributed by atoms with Crippen molar-refractivity contribution < 1.29 is 12.6 Å². The molecule has 0 aromatic rings. The smallest absolute Gasteiger partial charge is 0.273 e. The monoisotopic (exact) mass is 188 g/mol. The molecule has 0 rings (SSSR count). The van der Waals surface area contributed by atoms with Gasteiger partial charge in [0.15, 0.2) is 0 Å². The molecule has 44 valence electrons. The third kappa shape index (κ3) is 3.02. The molecule has 0 N–H and O–H groups in total. The van der Waals surface area contributed by atoms with Crippen LogP contribution in [0.2, 0.25) is 0 Å². The van der Waals surface area contributed by atoms with Crippen LogP contribution in [0.3, 0.4) is 0 Å². The van der Waals surface area contributed by atoms with E-state index in [2.05, 4.69) is 20.1 Å². The van der Waals surface area contributed by atoms with Gasteiger partial charge in [0.2, 0.25) is 0 Å². The quantitative estimate of drug-likeness (QED) is 0.464. The van der Waals surface area contributed by atoms with E-state index in [0.29, 0.717) is 0 Å². The van der Waals surface area contributed by atoms with Crippen molar-refractivity contribution in [2.75, 3.05) is 11.8 Å². The molecule has 0 fully saturated rings. The van der Waals surface area contributed by atoms with Gasteiger partial charge in [-0.2, -0.15) is 8.42 Å². The second kappa shape index (κ2) is 2.64. The normalized spacial score (nSPS) is 11.7. The Morgan fingerprint density at radius 2 is 2.14 bits per heavy atom. The first-order valence-corrected chi connectivity index (χ1v) is 4.16. The number of alkyl halides is 1. The van der Waals surface area contributed by atoms with Crippen LogP contribution in [-0.2, 0) is 14.3 Å². The summed E-state index contributed by atoms with van der Waals surface area (Å²) < 4.78 is 24.1. The lowest BCUT2D eigenvalue weighted by atomic mass is 11.8. The Hall–Kier alpha value is 0.390. The fourth-order valence-electron chi connectivity index (χ4n) is 0.0445. The van der Waals surface area contributed by atoms with Crippen LogP contribution in [0, 0.1) is 0 Å². The van der Waals surface area contributed by atoms with Gasteiger partial charge in [0, 0.05) is 0 Å². The lowest BCUT2D eigenvalue weighted by Crippen LogP contribution is -2.01. The van der Waals surface area contributed by atoms with Gasteiger partial charge < -0.3 is 0 Å². The molecule has 0 aliphatic heterocycles. The highest BCUT2D eigenvalue weighted by molar-refractivity contribution is 9.10. The Balaban J connectivity index is 3.89. The van der Waals surface area contributed by atoms with Crippen molar-refractivity contribution in [3.05, 3.63) is 0 Å². The fourth-order valence-corrected chi connectivity index (χ4v) is 0.694. The zero-order valence-electron chi connectivity index (χ0n) is 3.72. The highest BCUT2D eigenvalue weighted by Gasteiger charge is 2.01.